The molecule has 0 saturated carbocycles. The highest BCUT2D eigenvalue weighted by atomic mass is 35.5. The van der Waals surface area contributed by atoms with E-state index in [1.807, 2.05) is 0 Å². The first-order valence-corrected chi connectivity index (χ1v) is 7.04. The van der Waals surface area contributed by atoms with Crippen LogP contribution in [0.3, 0.4) is 0 Å². The molecule has 0 atom stereocenters. The van der Waals surface area contributed by atoms with Crippen molar-refractivity contribution in [1.82, 2.24) is 9.97 Å². The zero-order valence-corrected chi connectivity index (χ0v) is 13.6. The Morgan fingerprint density at radius 1 is 1.05 bits per heavy atom. The van der Waals surface area contributed by atoms with Gasteiger partial charge in [0, 0.05) is 26.3 Å². The predicted molar refractivity (Wildman–Crippen MR) is 83.8 cm³/mol. The molecule has 112 valence electrons. The second-order valence-corrected chi connectivity index (χ2v) is 5.21. The van der Waals surface area contributed by atoms with Crippen molar-refractivity contribution in [2.45, 2.75) is 6.61 Å². The van der Waals surface area contributed by atoms with E-state index in [4.69, 9.17) is 44.3 Å². The number of rotatable bonds is 5. The molecule has 0 bridgehead atoms. The SMILES string of the molecule is CNc1cc(Oc2cc(Cl)c(Cl)cc2Cl)nc(COC)n1. The number of hydrogen-bond donors (Lipinski definition) is 1. The molecule has 0 unspecified atom stereocenters. The summed E-state index contributed by atoms with van der Waals surface area (Å²) in [6.07, 6.45) is 0. The third-order valence-corrected chi connectivity index (χ3v) is 3.49. The van der Waals surface area contributed by atoms with Gasteiger partial charge in [-0.1, -0.05) is 34.8 Å². The van der Waals surface area contributed by atoms with Crippen molar-refractivity contribution in [1.29, 1.82) is 0 Å². The molecule has 0 spiro atoms. The van der Waals surface area contributed by atoms with Gasteiger partial charge < -0.3 is 14.8 Å². The first kappa shape index (κ1) is 16.1. The maximum atomic E-state index is 6.07. The van der Waals surface area contributed by atoms with Crippen LogP contribution in [-0.2, 0) is 11.3 Å². The van der Waals surface area contributed by atoms with Crippen LogP contribution in [0.4, 0.5) is 5.82 Å². The Labute approximate surface area is 137 Å². The second-order valence-electron chi connectivity index (χ2n) is 3.99. The van der Waals surface area contributed by atoms with Crippen LogP contribution in [0, 0.1) is 0 Å². The Hall–Kier alpha value is -1.27. The first-order valence-electron chi connectivity index (χ1n) is 5.90. The lowest BCUT2D eigenvalue weighted by Gasteiger charge is -2.10. The third-order valence-electron chi connectivity index (χ3n) is 2.47. The van der Waals surface area contributed by atoms with Crippen LogP contribution in [0.5, 0.6) is 11.6 Å². The minimum atomic E-state index is 0.265. The van der Waals surface area contributed by atoms with Crippen molar-refractivity contribution in [3.05, 3.63) is 39.1 Å². The van der Waals surface area contributed by atoms with Crippen molar-refractivity contribution in [3.8, 4) is 11.6 Å². The predicted octanol–water partition coefficient (Wildman–Crippen LogP) is 4.42. The highest BCUT2D eigenvalue weighted by Gasteiger charge is 2.11. The maximum Gasteiger partial charge on any atom is 0.224 e. The summed E-state index contributed by atoms with van der Waals surface area (Å²) >= 11 is 17.9. The number of ether oxygens (including phenoxy) is 2. The van der Waals surface area contributed by atoms with Crippen molar-refractivity contribution in [3.63, 3.8) is 0 Å². The Morgan fingerprint density at radius 3 is 2.43 bits per heavy atom. The van der Waals surface area contributed by atoms with E-state index in [0.717, 1.165) is 0 Å². The van der Waals surface area contributed by atoms with Gasteiger partial charge in [-0.15, -0.1) is 0 Å². The molecule has 0 aliphatic carbocycles. The van der Waals surface area contributed by atoms with Gasteiger partial charge in [0.2, 0.25) is 5.88 Å². The zero-order valence-electron chi connectivity index (χ0n) is 11.3. The maximum absolute atomic E-state index is 6.07. The van der Waals surface area contributed by atoms with E-state index in [2.05, 4.69) is 15.3 Å². The lowest BCUT2D eigenvalue weighted by molar-refractivity contribution is 0.177. The van der Waals surface area contributed by atoms with E-state index in [1.54, 1.807) is 20.2 Å². The van der Waals surface area contributed by atoms with Gasteiger partial charge in [0.1, 0.15) is 18.2 Å². The summed E-state index contributed by atoms with van der Waals surface area (Å²) in [5.74, 6) is 1.76. The van der Waals surface area contributed by atoms with E-state index >= 15 is 0 Å². The number of nitrogens with one attached hydrogen (secondary N) is 1. The van der Waals surface area contributed by atoms with Gasteiger partial charge in [-0.05, 0) is 6.07 Å². The largest absolute Gasteiger partial charge is 0.437 e. The lowest BCUT2D eigenvalue weighted by atomic mass is 10.3. The molecule has 1 N–H and O–H groups in total. The van der Waals surface area contributed by atoms with Gasteiger partial charge in [-0.3, -0.25) is 0 Å². The number of halogens is 3. The highest BCUT2D eigenvalue weighted by molar-refractivity contribution is 6.43. The number of methoxy groups -OCH3 is 1. The number of hydrogen-bond acceptors (Lipinski definition) is 5. The van der Waals surface area contributed by atoms with Crippen molar-refractivity contribution >= 4 is 40.6 Å². The monoisotopic (exact) mass is 347 g/mol. The van der Waals surface area contributed by atoms with Crippen LogP contribution in [0.1, 0.15) is 5.82 Å². The summed E-state index contributed by atoms with van der Waals surface area (Å²) < 4.78 is 10.7. The highest BCUT2D eigenvalue weighted by Crippen LogP contribution is 2.36. The Balaban J connectivity index is 2.34. The molecule has 1 aromatic heterocycles. The molecule has 0 saturated heterocycles. The molecule has 21 heavy (non-hydrogen) atoms. The molecule has 8 heteroatoms. The Bertz CT molecular complexity index is 653. The van der Waals surface area contributed by atoms with Gasteiger partial charge >= 0.3 is 0 Å². The van der Waals surface area contributed by atoms with Crippen molar-refractivity contribution < 1.29 is 9.47 Å². The fourth-order valence-corrected chi connectivity index (χ4v) is 2.12. The molecule has 1 aromatic carbocycles. The zero-order chi connectivity index (χ0) is 15.4. The number of aromatic nitrogens is 2. The number of nitrogens with zero attached hydrogens (tertiary/aromatic N) is 2. The number of benzene rings is 1. The molecular formula is C13H12Cl3N3O2. The van der Waals surface area contributed by atoms with E-state index in [1.165, 1.54) is 12.1 Å². The van der Waals surface area contributed by atoms with Crippen LogP contribution in [0.2, 0.25) is 15.1 Å². The molecule has 2 aromatic rings. The van der Waals surface area contributed by atoms with Gasteiger partial charge in [0.05, 0.1) is 15.1 Å². The van der Waals surface area contributed by atoms with E-state index in [0.29, 0.717) is 38.3 Å². The van der Waals surface area contributed by atoms with Gasteiger partial charge in [-0.2, -0.15) is 4.98 Å². The summed E-state index contributed by atoms with van der Waals surface area (Å²) in [5, 5.41) is 3.95. The lowest BCUT2D eigenvalue weighted by Crippen LogP contribution is -2.03. The smallest absolute Gasteiger partial charge is 0.224 e. The summed E-state index contributed by atoms with van der Waals surface area (Å²) in [6.45, 7) is 0.265. The molecule has 0 aliphatic rings. The van der Waals surface area contributed by atoms with Gasteiger partial charge in [0.15, 0.2) is 5.82 Å². The quantitative estimate of drug-likeness (QED) is 0.811. The summed E-state index contributed by atoms with van der Waals surface area (Å²) in [5.41, 5.74) is 0. The van der Waals surface area contributed by atoms with E-state index in [-0.39, 0.29) is 6.61 Å². The second kappa shape index (κ2) is 7.13. The summed E-state index contributed by atoms with van der Waals surface area (Å²) in [6, 6.07) is 4.68. The van der Waals surface area contributed by atoms with Crippen LogP contribution < -0.4 is 10.1 Å². The molecule has 1 heterocycles. The van der Waals surface area contributed by atoms with Gasteiger partial charge in [-0.25, -0.2) is 4.98 Å². The fourth-order valence-electron chi connectivity index (χ4n) is 1.54. The topological polar surface area (TPSA) is 56.3 Å². The van der Waals surface area contributed by atoms with Crippen LogP contribution in [0.15, 0.2) is 18.2 Å². The third kappa shape index (κ3) is 4.11. The molecule has 2 rings (SSSR count). The van der Waals surface area contributed by atoms with E-state index in [9.17, 15) is 0 Å². The molecule has 5 nitrogen and oxygen atoms in total. The van der Waals surface area contributed by atoms with Crippen molar-refractivity contribution in [2.75, 3.05) is 19.5 Å². The first-order chi connectivity index (χ1) is 10.0. The van der Waals surface area contributed by atoms with Crippen molar-refractivity contribution in [2.24, 2.45) is 0 Å². The standard InChI is InChI=1S/C13H12Cl3N3O2/c1-17-11-5-13(19-12(18-11)6-20-2)21-10-4-8(15)7(14)3-9(10)16/h3-5H,6H2,1-2H3,(H,17,18,19). The average molecular weight is 349 g/mol. The number of anilines is 1. The molecule has 0 radical (unpaired) electrons. The van der Waals surface area contributed by atoms with E-state index < -0.39 is 0 Å². The van der Waals surface area contributed by atoms with Gasteiger partial charge in [0.25, 0.3) is 0 Å². The molecule has 0 aliphatic heterocycles. The minimum Gasteiger partial charge on any atom is -0.437 e. The normalized spacial score (nSPS) is 10.5. The van der Waals surface area contributed by atoms with Crippen LogP contribution in [0.25, 0.3) is 0 Å². The molecular weight excluding hydrogens is 337 g/mol. The Kier molecular flexibility index (Phi) is 5.47. The fraction of sp³-hybridized carbons (Fsp3) is 0.231. The average Bonchev–Trinajstić information content (AvgIpc) is 2.45. The van der Waals surface area contributed by atoms with Crippen LogP contribution >= 0.6 is 34.8 Å². The summed E-state index contributed by atoms with van der Waals surface area (Å²) in [4.78, 5) is 8.46. The van der Waals surface area contributed by atoms with Crippen LogP contribution in [-0.4, -0.2) is 24.1 Å². The summed E-state index contributed by atoms with van der Waals surface area (Å²) in [7, 11) is 3.31. The molecule has 0 fully saturated rings. The molecule has 0 amide bonds. The minimum absolute atomic E-state index is 0.265. The Morgan fingerprint density at radius 2 is 1.76 bits per heavy atom.